The highest BCUT2D eigenvalue weighted by Crippen LogP contribution is 2.44. The molecule has 1 amide bonds. The molecule has 0 aromatic carbocycles. The fraction of sp³-hybridized carbons (Fsp3) is 0.750. The van der Waals surface area contributed by atoms with E-state index in [2.05, 4.69) is 0 Å². The van der Waals surface area contributed by atoms with Gasteiger partial charge >= 0.3 is 5.97 Å². The molecule has 0 N–H and O–H groups in total. The van der Waals surface area contributed by atoms with Crippen molar-refractivity contribution >= 4 is 35.2 Å². The van der Waals surface area contributed by atoms with E-state index in [0.717, 1.165) is 0 Å². The van der Waals surface area contributed by atoms with Gasteiger partial charge in [0.05, 0.1) is 11.8 Å². The predicted molar refractivity (Wildman–Crippen MR) is 52.9 cm³/mol. The van der Waals surface area contributed by atoms with Crippen molar-refractivity contribution in [2.24, 2.45) is 0 Å². The van der Waals surface area contributed by atoms with E-state index in [-0.39, 0.29) is 22.6 Å². The van der Waals surface area contributed by atoms with Crippen LogP contribution >= 0.6 is 23.4 Å². The lowest BCUT2D eigenvalue weighted by Crippen LogP contribution is -2.55. The number of β-lactam (4-membered cyclic amide) rings is 1. The molecule has 2 heterocycles. The van der Waals surface area contributed by atoms with Gasteiger partial charge in [-0.3, -0.25) is 4.79 Å². The van der Waals surface area contributed by atoms with Crippen molar-refractivity contribution in [2.45, 2.75) is 30.0 Å². The number of ether oxygens (including phenoxy) is 1. The lowest BCUT2D eigenvalue weighted by molar-refractivity contribution is -0.158. The number of hydrogen-bond donors (Lipinski definition) is 0. The van der Waals surface area contributed by atoms with Gasteiger partial charge in [0.2, 0.25) is 5.91 Å². The lowest BCUT2D eigenvalue weighted by atomic mass is 10.1. The first kappa shape index (κ1) is 10.1. The zero-order valence-corrected chi connectivity index (χ0v) is 9.18. The first-order valence-electron chi connectivity index (χ1n) is 4.34. The average Bonchev–Trinajstić information content (AvgIpc) is 2.38. The Morgan fingerprint density at radius 2 is 2.50 bits per heavy atom. The summed E-state index contributed by atoms with van der Waals surface area (Å²) in [7, 11) is 0. The van der Waals surface area contributed by atoms with E-state index in [1.807, 2.05) is 6.92 Å². The minimum atomic E-state index is -0.440. The number of rotatable bonds is 2. The fourth-order valence-electron chi connectivity index (χ4n) is 1.84. The smallest absolute Gasteiger partial charge is 0.331 e. The van der Waals surface area contributed by atoms with Crippen LogP contribution in [0, 0.1) is 0 Å². The number of carbonyl (C=O) groups excluding carboxylic acids is 2. The van der Waals surface area contributed by atoms with E-state index < -0.39 is 12.0 Å². The molecule has 14 heavy (non-hydrogen) atoms. The van der Waals surface area contributed by atoms with Crippen LogP contribution in [0.15, 0.2) is 0 Å². The van der Waals surface area contributed by atoms with Gasteiger partial charge in [-0.25, -0.2) is 4.79 Å². The van der Waals surface area contributed by atoms with Crippen LogP contribution < -0.4 is 0 Å². The zero-order valence-electron chi connectivity index (χ0n) is 7.60. The predicted octanol–water partition coefficient (Wildman–Crippen LogP) is 0.788. The second-order valence-corrected chi connectivity index (χ2v) is 5.10. The fourth-order valence-corrected chi connectivity index (χ4v) is 3.45. The highest BCUT2D eigenvalue weighted by molar-refractivity contribution is 8.00. The molecule has 0 spiro atoms. The standard InChI is InChI=1S/C8H10ClNO3S/c1-4-7(8(12)13-3-9)10-5(11)2-6(10)14-4/h4,6-7H,2-3H2,1H3/t4-,6+,7-/m1/s1. The number of amides is 1. The quantitative estimate of drug-likeness (QED) is 0.403. The van der Waals surface area contributed by atoms with Crippen LogP contribution in [0.25, 0.3) is 0 Å². The van der Waals surface area contributed by atoms with Crippen LogP contribution in [-0.4, -0.2) is 39.5 Å². The van der Waals surface area contributed by atoms with E-state index in [4.69, 9.17) is 16.3 Å². The third-order valence-electron chi connectivity index (χ3n) is 2.50. The van der Waals surface area contributed by atoms with Gasteiger partial charge in [0.1, 0.15) is 6.04 Å². The van der Waals surface area contributed by atoms with Gasteiger partial charge in [0.15, 0.2) is 6.07 Å². The molecule has 2 aliphatic rings. The number of fused-ring (bicyclic) bond motifs is 1. The maximum atomic E-state index is 11.5. The summed E-state index contributed by atoms with van der Waals surface area (Å²) in [6, 6.07) is -0.593. The minimum absolute atomic E-state index is 0.0309. The Morgan fingerprint density at radius 3 is 3.07 bits per heavy atom. The summed E-state index contributed by atoms with van der Waals surface area (Å²) < 4.78 is 4.72. The van der Waals surface area contributed by atoms with Crippen molar-refractivity contribution in [1.29, 1.82) is 0 Å². The molecule has 2 fully saturated rings. The Bertz CT molecular complexity index is 286. The van der Waals surface area contributed by atoms with Gasteiger partial charge in [-0.15, -0.1) is 11.8 Å². The number of halogens is 1. The summed E-state index contributed by atoms with van der Waals surface area (Å²) in [5, 5.41) is 0.271. The summed E-state index contributed by atoms with van der Waals surface area (Å²) in [6.07, 6.45) is 0.541. The number of alkyl halides is 1. The Labute approximate surface area is 90.9 Å². The molecule has 0 radical (unpaired) electrons. The van der Waals surface area contributed by atoms with Crippen molar-refractivity contribution in [1.82, 2.24) is 4.90 Å². The average molecular weight is 236 g/mol. The molecule has 0 aromatic heterocycles. The molecule has 2 saturated heterocycles. The second-order valence-electron chi connectivity index (χ2n) is 3.32. The SMILES string of the molecule is C[C@H]1S[C@H]2CC(=O)N2[C@H]1C(=O)OCCl. The molecular formula is C8H10ClNO3S. The highest BCUT2D eigenvalue weighted by atomic mass is 35.5. The van der Waals surface area contributed by atoms with Gasteiger partial charge in [0, 0.05) is 5.25 Å². The Kier molecular flexibility index (Phi) is 2.62. The maximum Gasteiger partial charge on any atom is 0.331 e. The van der Waals surface area contributed by atoms with Crippen LogP contribution in [0.4, 0.5) is 0 Å². The number of hydrogen-bond acceptors (Lipinski definition) is 4. The van der Waals surface area contributed by atoms with Gasteiger partial charge in [0.25, 0.3) is 0 Å². The lowest BCUT2D eigenvalue weighted by Gasteiger charge is -2.36. The van der Waals surface area contributed by atoms with Crippen molar-refractivity contribution in [2.75, 3.05) is 6.07 Å². The third-order valence-corrected chi connectivity index (χ3v) is 4.01. The van der Waals surface area contributed by atoms with E-state index in [1.165, 1.54) is 0 Å². The van der Waals surface area contributed by atoms with Crippen LogP contribution in [0.5, 0.6) is 0 Å². The number of nitrogens with zero attached hydrogens (tertiary/aromatic N) is 1. The summed E-state index contributed by atoms with van der Waals surface area (Å²) in [6.45, 7) is 1.93. The van der Waals surface area contributed by atoms with Crippen LogP contribution in [0.1, 0.15) is 13.3 Å². The van der Waals surface area contributed by atoms with Crippen molar-refractivity contribution in [3.8, 4) is 0 Å². The van der Waals surface area contributed by atoms with Crippen molar-refractivity contribution in [3.63, 3.8) is 0 Å². The Balaban J connectivity index is 2.09. The maximum absolute atomic E-state index is 11.5. The molecule has 2 aliphatic heterocycles. The van der Waals surface area contributed by atoms with Gasteiger partial charge in [-0.05, 0) is 0 Å². The summed E-state index contributed by atoms with van der Waals surface area (Å²) in [5.41, 5.74) is 0. The second kappa shape index (κ2) is 3.62. The molecule has 0 aromatic rings. The molecule has 0 aliphatic carbocycles. The molecule has 0 unspecified atom stereocenters. The normalized spacial score (nSPS) is 35.1. The summed E-state index contributed by atoms with van der Waals surface area (Å²) in [4.78, 5) is 24.3. The largest absolute Gasteiger partial charge is 0.448 e. The summed E-state index contributed by atoms with van der Waals surface area (Å²) in [5.74, 6) is -0.362. The van der Waals surface area contributed by atoms with E-state index in [1.54, 1.807) is 16.7 Å². The summed E-state index contributed by atoms with van der Waals surface area (Å²) >= 11 is 6.95. The van der Waals surface area contributed by atoms with E-state index >= 15 is 0 Å². The van der Waals surface area contributed by atoms with Gasteiger partial charge in [-0.1, -0.05) is 18.5 Å². The molecule has 4 nitrogen and oxygen atoms in total. The molecule has 2 rings (SSSR count). The molecule has 3 atom stereocenters. The third kappa shape index (κ3) is 1.39. The zero-order chi connectivity index (χ0) is 10.3. The number of carbonyl (C=O) groups is 2. The molecular weight excluding hydrogens is 226 g/mol. The molecule has 0 saturated carbocycles. The van der Waals surface area contributed by atoms with Gasteiger partial charge < -0.3 is 9.64 Å². The van der Waals surface area contributed by atoms with Crippen molar-refractivity contribution < 1.29 is 14.3 Å². The van der Waals surface area contributed by atoms with Crippen LogP contribution in [0.3, 0.4) is 0 Å². The molecule has 6 heteroatoms. The minimum Gasteiger partial charge on any atom is -0.448 e. The van der Waals surface area contributed by atoms with E-state index in [0.29, 0.717) is 6.42 Å². The number of esters is 1. The van der Waals surface area contributed by atoms with Crippen LogP contribution in [-0.2, 0) is 14.3 Å². The highest BCUT2D eigenvalue weighted by Gasteiger charge is 2.53. The Morgan fingerprint density at radius 1 is 1.79 bits per heavy atom. The first-order valence-corrected chi connectivity index (χ1v) is 5.82. The first-order chi connectivity index (χ1) is 6.65. The van der Waals surface area contributed by atoms with Gasteiger partial charge in [-0.2, -0.15) is 0 Å². The topological polar surface area (TPSA) is 46.6 Å². The Hall–Kier alpha value is -0.420. The monoisotopic (exact) mass is 235 g/mol. The molecule has 0 bridgehead atoms. The number of thioether (sulfide) groups is 1. The van der Waals surface area contributed by atoms with E-state index in [9.17, 15) is 9.59 Å². The van der Waals surface area contributed by atoms with Crippen LogP contribution in [0.2, 0.25) is 0 Å². The molecule has 78 valence electrons. The van der Waals surface area contributed by atoms with Crippen molar-refractivity contribution in [3.05, 3.63) is 0 Å².